The van der Waals surface area contributed by atoms with E-state index in [4.69, 9.17) is 36.7 Å². The predicted octanol–water partition coefficient (Wildman–Crippen LogP) is 1.38. The van der Waals surface area contributed by atoms with E-state index in [1.807, 2.05) is 0 Å². The maximum atomic E-state index is 5.00. The Kier molecular flexibility index (Phi) is 2.13. The summed E-state index contributed by atoms with van der Waals surface area (Å²) in [5.74, 6) is -1.94. The number of nitrogens with zero attached hydrogens (tertiary/aromatic N) is 1. The Morgan fingerprint density at radius 2 is 2.11 bits per heavy atom. The Labute approximate surface area is 70.3 Å². The monoisotopic (exact) mass is 198 g/mol. The third-order valence-electron chi connectivity index (χ3n) is 0.993. The molecule has 1 heterocycles. The minimum atomic E-state index is -1.94. The number of hydrazine groups is 1. The molecule has 0 bridgehead atoms. The van der Waals surface area contributed by atoms with Crippen molar-refractivity contribution in [1.82, 2.24) is 15.3 Å². The Morgan fingerprint density at radius 3 is 2.22 bits per heavy atom. The van der Waals surface area contributed by atoms with Crippen molar-refractivity contribution in [3.05, 3.63) is 0 Å². The zero-order valence-electron chi connectivity index (χ0n) is 4.62. The van der Waals surface area contributed by atoms with Crippen molar-refractivity contribution in [1.29, 1.82) is 0 Å². The van der Waals surface area contributed by atoms with Gasteiger partial charge in [-0.2, -0.15) is 4.67 Å². The lowest BCUT2D eigenvalue weighted by Gasteiger charge is -2.08. The van der Waals surface area contributed by atoms with Gasteiger partial charge in [0.25, 0.3) is 0 Å². The fraction of sp³-hybridized carbons (Fsp3) is 0.500. The minimum absolute atomic E-state index is 0.591. The topological polar surface area (TPSA) is 27.3 Å². The second-order valence-electron chi connectivity index (χ2n) is 1.59. The quantitative estimate of drug-likeness (QED) is 0.454. The highest BCUT2D eigenvalue weighted by Crippen LogP contribution is 2.67. The molecule has 0 unspecified atom stereocenters. The van der Waals surface area contributed by atoms with Gasteiger partial charge < -0.3 is 0 Å². The molecule has 50 valence electrons. The molecule has 7 heteroatoms. The SMILES string of the molecule is CN1C(=S)NN[P+]1([S])[S]. The first kappa shape index (κ1) is 7.88. The van der Waals surface area contributed by atoms with Crippen molar-refractivity contribution in [2.45, 2.75) is 0 Å². The van der Waals surface area contributed by atoms with Crippen LogP contribution in [-0.2, 0) is 0 Å². The second kappa shape index (κ2) is 2.43. The molecule has 2 N–H and O–H groups in total. The van der Waals surface area contributed by atoms with Crippen LogP contribution in [-0.4, -0.2) is 16.8 Å². The maximum absolute atomic E-state index is 5.00. The zero-order chi connectivity index (χ0) is 7.07. The Hall–Kier alpha value is 0.780. The van der Waals surface area contributed by atoms with Gasteiger partial charge in [-0.1, -0.05) is 5.20 Å². The van der Waals surface area contributed by atoms with Crippen molar-refractivity contribution < 1.29 is 0 Å². The number of hydrogen-bond acceptors (Lipinski definition) is 2. The van der Waals surface area contributed by atoms with Gasteiger partial charge in [-0.25, -0.2) is 0 Å². The van der Waals surface area contributed by atoms with Gasteiger partial charge in [0.05, 0.1) is 0 Å². The van der Waals surface area contributed by atoms with E-state index in [0.29, 0.717) is 5.11 Å². The highest BCUT2D eigenvalue weighted by atomic mass is 33.1. The Morgan fingerprint density at radius 1 is 1.56 bits per heavy atom. The molecule has 1 saturated heterocycles. The number of hydrogen-bond donors (Lipinski definition) is 2. The van der Waals surface area contributed by atoms with E-state index in [1.165, 1.54) is 0 Å². The average Bonchev–Trinajstić information content (AvgIpc) is 1.97. The van der Waals surface area contributed by atoms with E-state index < -0.39 is 5.97 Å². The molecule has 1 rings (SSSR count). The molecule has 0 amide bonds. The van der Waals surface area contributed by atoms with Crippen molar-refractivity contribution in [3.8, 4) is 0 Å². The molecule has 0 atom stereocenters. The van der Waals surface area contributed by atoms with Crippen LogP contribution in [0.1, 0.15) is 0 Å². The summed E-state index contributed by atoms with van der Waals surface area (Å²) in [6, 6.07) is 0. The summed E-state index contributed by atoms with van der Waals surface area (Å²) in [6.07, 6.45) is 0. The van der Waals surface area contributed by atoms with Gasteiger partial charge in [0.1, 0.15) is 0 Å². The molecule has 2 radical (unpaired) electrons. The molecular formula is C2H5N3PS3+. The van der Waals surface area contributed by atoms with E-state index in [1.54, 1.807) is 11.7 Å². The summed E-state index contributed by atoms with van der Waals surface area (Å²) in [5.41, 5.74) is 2.71. The van der Waals surface area contributed by atoms with Gasteiger partial charge in [0.2, 0.25) is 5.11 Å². The van der Waals surface area contributed by atoms with Crippen LogP contribution in [0.2, 0.25) is 0 Å². The number of nitrogens with one attached hydrogen (secondary N) is 2. The second-order valence-corrected chi connectivity index (χ2v) is 7.70. The van der Waals surface area contributed by atoms with Crippen LogP contribution in [0.25, 0.3) is 0 Å². The molecule has 0 aromatic carbocycles. The van der Waals surface area contributed by atoms with E-state index in [0.717, 1.165) is 0 Å². The molecule has 9 heavy (non-hydrogen) atoms. The van der Waals surface area contributed by atoms with Crippen molar-refractivity contribution in [3.63, 3.8) is 0 Å². The molecule has 1 fully saturated rings. The van der Waals surface area contributed by atoms with Crippen LogP contribution in [0.3, 0.4) is 0 Å². The third-order valence-corrected chi connectivity index (χ3v) is 4.91. The van der Waals surface area contributed by atoms with Gasteiger partial charge in [-0.15, -0.1) is 0 Å². The summed E-state index contributed by atoms with van der Waals surface area (Å²) in [6.45, 7) is 0. The molecule has 0 aromatic rings. The summed E-state index contributed by atoms with van der Waals surface area (Å²) >= 11 is 14.8. The van der Waals surface area contributed by atoms with Crippen molar-refractivity contribution in [2.24, 2.45) is 0 Å². The zero-order valence-corrected chi connectivity index (χ0v) is 7.96. The van der Waals surface area contributed by atoms with Crippen molar-refractivity contribution >= 4 is 47.8 Å². The summed E-state index contributed by atoms with van der Waals surface area (Å²) in [7, 11) is 1.79. The van der Waals surface area contributed by atoms with E-state index in [-0.39, 0.29) is 0 Å². The van der Waals surface area contributed by atoms with Gasteiger partial charge in [0.15, 0.2) is 24.5 Å². The Balaban J connectivity index is 2.73. The summed E-state index contributed by atoms with van der Waals surface area (Å²) < 4.78 is 1.72. The lowest BCUT2D eigenvalue weighted by molar-refractivity contribution is 0.836. The first-order valence-corrected chi connectivity index (χ1v) is 6.34. The van der Waals surface area contributed by atoms with Crippen LogP contribution >= 0.6 is 42.7 Å². The lowest BCUT2D eigenvalue weighted by Crippen LogP contribution is -2.25. The van der Waals surface area contributed by atoms with Crippen LogP contribution in [0.15, 0.2) is 0 Å². The highest BCUT2D eigenvalue weighted by molar-refractivity contribution is 8.84. The van der Waals surface area contributed by atoms with Gasteiger partial charge >= 0.3 is 5.97 Å². The lowest BCUT2D eigenvalue weighted by atomic mass is 11.1. The Bertz CT molecular complexity index is 148. The standard InChI is InChI=1S/C2H5N3PS3/c1-5-2(7)3-4-6(5,8)9/h4H,1H3,(H,3,7)/q+1. The summed E-state index contributed by atoms with van der Waals surface area (Å²) in [4.78, 5) is 0. The summed E-state index contributed by atoms with van der Waals surface area (Å²) in [5, 5.41) is 3.36. The fourth-order valence-corrected chi connectivity index (χ4v) is 2.65. The average molecular weight is 198 g/mol. The van der Waals surface area contributed by atoms with Crippen LogP contribution in [0.4, 0.5) is 0 Å². The van der Waals surface area contributed by atoms with Crippen molar-refractivity contribution in [2.75, 3.05) is 7.05 Å². The first-order valence-electron chi connectivity index (χ1n) is 2.16. The molecule has 0 aliphatic carbocycles. The molecule has 0 saturated carbocycles. The van der Waals surface area contributed by atoms with E-state index in [2.05, 4.69) is 10.6 Å². The molecular weight excluding hydrogens is 193 g/mol. The predicted molar refractivity (Wildman–Crippen MR) is 48.7 cm³/mol. The smallest absolute Gasteiger partial charge is 0.261 e. The third kappa shape index (κ3) is 1.43. The van der Waals surface area contributed by atoms with E-state index in [9.17, 15) is 0 Å². The van der Waals surface area contributed by atoms with Crippen LogP contribution in [0, 0.1) is 0 Å². The minimum Gasteiger partial charge on any atom is -0.261 e. The molecule has 0 spiro atoms. The van der Waals surface area contributed by atoms with Gasteiger partial charge in [-0.3, -0.25) is 5.43 Å². The fourth-order valence-electron chi connectivity index (χ4n) is 0.394. The van der Waals surface area contributed by atoms with Gasteiger partial charge in [0, 0.05) is 7.05 Å². The number of rotatable bonds is 0. The van der Waals surface area contributed by atoms with E-state index >= 15 is 0 Å². The number of thiocarbonyl (C=S) groups is 1. The molecule has 0 aromatic heterocycles. The molecule has 1 aliphatic heterocycles. The first-order chi connectivity index (χ1) is 4.04. The van der Waals surface area contributed by atoms with Crippen LogP contribution < -0.4 is 10.6 Å². The maximum Gasteiger partial charge on any atom is 0.345 e. The van der Waals surface area contributed by atoms with Crippen LogP contribution in [0.5, 0.6) is 0 Å². The van der Waals surface area contributed by atoms with Gasteiger partial charge in [-0.05, 0) is 12.2 Å². The largest absolute Gasteiger partial charge is 0.345 e. The molecule has 3 nitrogen and oxygen atoms in total. The highest BCUT2D eigenvalue weighted by Gasteiger charge is 2.47. The molecule has 1 aliphatic rings. The normalized spacial score (nSPS) is 24.3.